The number of amides is 2. The van der Waals surface area contributed by atoms with Gasteiger partial charge in [0.05, 0.1) is 18.7 Å². The first-order valence-corrected chi connectivity index (χ1v) is 6.47. The molecule has 2 rings (SSSR count). The van der Waals surface area contributed by atoms with Crippen LogP contribution in [0.5, 0.6) is 0 Å². The lowest BCUT2D eigenvalue weighted by Gasteiger charge is -2.14. The van der Waals surface area contributed by atoms with Crippen LogP contribution in [0.3, 0.4) is 0 Å². The molecule has 0 aliphatic rings. The third-order valence-electron chi connectivity index (χ3n) is 3.13. The third-order valence-corrected chi connectivity index (χ3v) is 3.13. The highest BCUT2D eigenvalue weighted by atomic mass is 16.3. The SMILES string of the molecule is CNC(=O)CN(C)Cc1oc2ccccc2c1C(=O)NN. The quantitative estimate of drug-likeness (QED) is 0.415. The molecule has 0 saturated heterocycles. The molecule has 1 heterocycles. The van der Waals surface area contributed by atoms with E-state index in [2.05, 4.69) is 10.7 Å². The molecule has 2 amide bonds. The van der Waals surface area contributed by atoms with Gasteiger partial charge in [-0.2, -0.15) is 0 Å². The smallest absolute Gasteiger partial charge is 0.269 e. The number of nitrogen functional groups attached to an aromatic ring is 1. The van der Waals surface area contributed by atoms with Crippen LogP contribution >= 0.6 is 0 Å². The van der Waals surface area contributed by atoms with Gasteiger partial charge in [-0.25, -0.2) is 5.84 Å². The molecule has 0 spiro atoms. The average Bonchev–Trinajstić information content (AvgIpc) is 2.83. The lowest BCUT2D eigenvalue weighted by molar-refractivity contribution is -0.121. The third kappa shape index (κ3) is 3.21. The molecule has 0 bridgehead atoms. The number of furan rings is 1. The summed E-state index contributed by atoms with van der Waals surface area (Å²) in [6.07, 6.45) is 0. The van der Waals surface area contributed by atoms with Crippen LogP contribution in [0, 0.1) is 0 Å². The van der Waals surface area contributed by atoms with Gasteiger partial charge < -0.3 is 9.73 Å². The van der Waals surface area contributed by atoms with Gasteiger partial charge in [-0.15, -0.1) is 0 Å². The first-order chi connectivity index (χ1) is 10.1. The number of nitrogens with two attached hydrogens (primary N) is 1. The van der Waals surface area contributed by atoms with E-state index in [9.17, 15) is 9.59 Å². The van der Waals surface area contributed by atoms with E-state index in [1.807, 2.05) is 12.1 Å². The van der Waals surface area contributed by atoms with Crippen LogP contribution in [0.15, 0.2) is 28.7 Å². The summed E-state index contributed by atoms with van der Waals surface area (Å²) >= 11 is 0. The van der Waals surface area contributed by atoms with Crippen molar-refractivity contribution in [3.05, 3.63) is 35.6 Å². The Kier molecular flexibility index (Phi) is 4.56. The van der Waals surface area contributed by atoms with Crippen LogP contribution < -0.4 is 16.6 Å². The van der Waals surface area contributed by atoms with Gasteiger partial charge in [0.1, 0.15) is 11.3 Å². The summed E-state index contributed by atoms with van der Waals surface area (Å²) in [5.74, 6) is 5.19. The second-order valence-electron chi connectivity index (χ2n) is 4.72. The van der Waals surface area contributed by atoms with Crippen molar-refractivity contribution in [2.45, 2.75) is 6.54 Å². The van der Waals surface area contributed by atoms with Crippen molar-refractivity contribution in [1.29, 1.82) is 0 Å². The molecule has 4 N–H and O–H groups in total. The van der Waals surface area contributed by atoms with Gasteiger partial charge >= 0.3 is 0 Å². The summed E-state index contributed by atoms with van der Waals surface area (Å²) in [4.78, 5) is 25.1. The van der Waals surface area contributed by atoms with E-state index in [0.29, 0.717) is 28.8 Å². The number of rotatable bonds is 5. The molecular weight excluding hydrogens is 272 g/mol. The normalized spacial score (nSPS) is 10.9. The second kappa shape index (κ2) is 6.38. The van der Waals surface area contributed by atoms with E-state index in [4.69, 9.17) is 10.3 Å². The van der Waals surface area contributed by atoms with Gasteiger partial charge in [0, 0.05) is 12.4 Å². The highest BCUT2D eigenvalue weighted by Gasteiger charge is 2.21. The molecule has 0 aliphatic heterocycles. The number of carbonyl (C=O) groups is 2. The lowest BCUT2D eigenvalue weighted by atomic mass is 10.1. The number of hydrogen-bond acceptors (Lipinski definition) is 5. The van der Waals surface area contributed by atoms with E-state index in [-0.39, 0.29) is 12.5 Å². The molecule has 112 valence electrons. The van der Waals surface area contributed by atoms with Crippen LogP contribution in [0.2, 0.25) is 0 Å². The highest BCUT2D eigenvalue weighted by molar-refractivity contribution is 6.07. The standard InChI is InChI=1S/C14H18N4O3/c1-16-12(19)8-18(2)7-11-13(14(20)17-15)9-5-3-4-6-10(9)21-11/h3-6H,7-8,15H2,1-2H3,(H,16,19)(H,17,20). The number of hydrazine groups is 1. The minimum Gasteiger partial charge on any atom is -0.459 e. The monoisotopic (exact) mass is 290 g/mol. The number of likely N-dealkylation sites (N-methyl/N-ethyl adjacent to an activating group) is 2. The van der Waals surface area contributed by atoms with E-state index in [1.165, 1.54) is 0 Å². The topological polar surface area (TPSA) is 101 Å². The Morgan fingerprint density at radius 2 is 2.05 bits per heavy atom. The molecule has 0 unspecified atom stereocenters. The molecule has 0 atom stereocenters. The maximum Gasteiger partial charge on any atom is 0.269 e. The van der Waals surface area contributed by atoms with Gasteiger partial charge in [0.15, 0.2) is 0 Å². The van der Waals surface area contributed by atoms with Gasteiger partial charge in [-0.1, -0.05) is 18.2 Å². The van der Waals surface area contributed by atoms with Crippen molar-refractivity contribution in [1.82, 2.24) is 15.6 Å². The van der Waals surface area contributed by atoms with Crippen LogP contribution in [-0.4, -0.2) is 37.4 Å². The number of para-hydroxylation sites is 1. The van der Waals surface area contributed by atoms with Crippen molar-refractivity contribution < 1.29 is 14.0 Å². The summed E-state index contributed by atoms with van der Waals surface area (Å²) in [5.41, 5.74) is 3.14. The predicted molar refractivity (Wildman–Crippen MR) is 78.3 cm³/mol. The summed E-state index contributed by atoms with van der Waals surface area (Å²) in [6, 6.07) is 7.23. The van der Waals surface area contributed by atoms with Crippen LogP contribution in [0.1, 0.15) is 16.1 Å². The van der Waals surface area contributed by atoms with Crippen molar-refractivity contribution in [2.24, 2.45) is 5.84 Å². The lowest BCUT2D eigenvalue weighted by Crippen LogP contribution is -2.34. The predicted octanol–water partition coefficient (Wildman–Crippen LogP) is 0.214. The molecule has 1 aromatic heterocycles. The van der Waals surface area contributed by atoms with Gasteiger partial charge in [0.25, 0.3) is 5.91 Å². The Bertz CT molecular complexity index is 665. The zero-order valence-corrected chi connectivity index (χ0v) is 12.0. The minimum absolute atomic E-state index is 0.113. The first-order valence-electron chi connectivity index (χ1n) is 6.47. The molecular formula is C14H18N4O3. The number of nitrogens with zero attached hydrogens (tertiary/aromatic N) is 1. The van der Waals surface area contributed by atoms with Crippen molar-refractivity contribution in [3.63, 3.8) is 0 Å². The van der Waals surface area contributed by atoms with Crippen LogP contribution in [0.25, 0.3) is 11.0 Å². The van der Waals surface area contributed by atoms with E-state index >= 15 is 0 Å². The number of carbonyl (C=O) groups excluding carboxylic acids is 2. The zero-order chi connectivity index (χ0) is 15.4. The van der Waals surface area contributed by atoms with E-state index in [0.717, 1.165) is 0 Å². The molecule has 7 heteroatoms. The van der Waals surface area contributed by atoms with E-state index < -0.39 is 5.91 Å². The fourth-order valence-electron chi connectivity index (χ4n) is 2.15. The Morgan fingerprint density at radius 3 is 2.71 bits per heavy atom. The Hall–Kier alpha value is -2.38. The summed E-state index contributed by atoms with van der Waals surface area (Å²) in [5, 5.41) is 3.24. The van der Waals surface area contributed by atoms with Crippen molar-refractivity contribution in [3.8, 4) is 0 Å². The molecule has 7 nitrogen and oxygen atoms in total. The molecule has 0 radical (unpaired) electrons. The number of fused-ring (bicyclic) bond motifs is 1. The summed E-state index contributed by atoms with van der Waals surface area (Å²) < 4.78 is 5.72. The molecule has 1 aromatic carbocycles. The highest BCUT2D eigenvalue weighted by Crippen LogP contribution is 2.26. The second-order valence-corrected chi connectivity index (χ2v) is 4.72. The summed E-state index contributed by atoms with van der Waals surface area (Å²) in [6.45, 7) is 0.530. The Labute approximate surface area is 122 Å². The number of nitrogens with one attached hydrogen (secondary N) is 2. The van der Waals surface area contributed by atoms with Crippen LogP contribution in [-0.2, 0) is 11.3 Å². The van der Waals surface area contributed by atoms with Crippen molar-refractivity contribution in [2.75, 3.05) is 20.6 Å². The van der Waals surface area contributed by atoms with Crippen molar-refractivity contribution >= 4 is 22.8 Å². The zero-order valence-electron chi connectivity index (χ0n) is 12.0. The fourth-order valence-corrected chi connectivity index (χ4v) is 2.15. The van der Waals surface area contributed by atoms with Gasteiger partial charge in [-0.05, 0) is 13.1 Å². The average molecular weight is 290 g/mol. The van der Waals surface area contributed by atoms with E-state index in [1.54, 1.807) is 31.1 Å². The largest absolute Gasteiger partial charge is 0.459 e. The maximum atomic E-state index is 12.0. The summed E-state index contributed by atoms with van der Waals surface area (Å²) in [7, 11) is 3.34. The van der Waals surface area contributed by atoms with Crippen LogP contribution in [0.4, 0.5) is 0 Å². The molecule has 2 aromatic rings. The van der Waals surface area contributed by atoms with Gasteiger partial charge in [-0.3, -0.25) is 19.9 Å². The maximum absolute atomic E-state index is 12.0. The minimum atomic E-state index is -0.414. The van der Waals surface area contributed by atoms with Gasteiger partial charge in [0.2, 0.25) is 5.91 Å². The number of hydrogen-bond donors (Lipinski definition) is 3. The first kappa shape index (κ1) is 15.0. The fraction of sp³-hybridized carbons (Fsp3) is 0.286. The molecule has 0 saturated carbocycles. The number of benzene rings is 1. The molecule has 0 aliphatic carbocycles. The molecule has 0 fully saturated rings. The molecule has 21 heavy (non-hydrogen) atoms. The Balaban J connectivity index is 2.34. The Morgan fingerprint density at radius 1 is 1.33 bits per heavy atom.